The zero-order valence-corrected chi connectivity index (χ0v) is 73.7. The van der Waals surface area contributed by atoms with Gasteiger partial charge in [-0.3, -0.25) is 24.0 Å². The molecule has 10 rings (SSSR count). The Hall–Kier alpha value is -5.59. The Bertz CT molecular complexity index is 3910. The number of nitrogens with one attached hydrogen (secondary N) is 5. The molecule has 10 aliphatic rings. The minimum Gasteiger partial charge on any atom is -0.477 e. The normalized spacial score (nSPS) is 46.4. The first-order chi connectivity index (χ1) is 64.4. The standard InChI is InChI=1S/C76H125N5O56/c1-18-40(97)50(107)53(110)68(121-18)120-17-34-59(49(106)39(81-23(6)93)67(128-34)129-57-31(14-87)122-65(114)37(47(57)104)79-21(4)91)131-70-55(112)62(44(101)28(11-84)124-70)132-72-64(52(109)43(100)33(127-72)16-119-69-54(111)51(108)42(99)27(10-83)123-69)133-66-38(80-22(5)92)48(105)58(32(15-88)126-66)130-71-56(113)63(45(102)29(12-85)125-71)137-76(74(117)118)8-25(95)36(78-20(3)90)61(136-76)46(103)30(13-86)134-75(73(115)116)7-24(94)35(77-19(2)89)60(135-75)41(98)26(96)9-82/h18,24-72,82-88,94-114H,7-17H2,1-6H3,(H,77,89)(H,78,90)(H,79,91)(H,80,92)(H,81,93)(H,115,116)(H,117,118)/t18-,24+,25+,26-,27-,28-,29-,30-,31-,32-,33-,34-,35-,36-,37-,38-,39-,40+,41-,42-,43-,44-,45+,46-,47-,48-,49-,50+,51+,52+,53-,54+,55+,56-,57-,58-,59-,60-,61-,62+,63+,64+,65+,66-,67-,68+,69+,70-,71+,72+,75-,76+/m1/s1. The number of carboxylic acids is 2. The maximum absolute atomic E-state index is 13.9. The summed E-state index contributed by atoms with van der Waals surface area (Å²) in [6.45, 7) is -5.35. The third-order valence-electron chi connectivity index (χ3n) is 24.8. The van der Waals surface area contributed by atoms with E-state index in [1.54, 1.807) is 0 Å². The number of aliphatic hydroxyl groups is 28. The zero-order valence-electron chi connectivity index (χ0n) is 73.7. The molecule has 0 aliphatic carbocycles. The molecule has 5 amide bonds. The molecule has 52 atom stereocenters. The van der Waals surface area contributed by atoms with Crippen molar-refractivity contribution in [2.24, 2.45) is 0 Å². The SMILES string of the molecule is CC(=O)N[C@@H]1[C@@H](O)[C@H](O[C@H]2O[C@H](CO[C@H]3O[C@H](C)[C@H](O)[C@H](O)[C@H]3O)[C@@H](O[C@H]3O[C@H](CO)[C@@H](O)[C@H](O[C@@H]4O[C@H](CO[C@H]5O[C@H](CO)[C@@H](O)[C@H](O)[C@@H]5O)[C@@H](O)[C@H](O)[C@@H]4O[C@H]4O[C@H](CO)[C@@H](O[C@@H]5O[C@H](CO)[C@H](O)[C@H](O[C@]6(C(=O)O)C[C@H](O)[C@@H](NC(C)=O)[C@H]([C@H](O)[C@@H](CO)O[C@]7(C(=O)O)C[C@H](O)[C@@H](NC(C)=O)[C@H]([C@H](O)[C@H](O)CO)O7)O6)[C@H]5O)[C@H](O)[C@H]4NC(C)=O)[C@@H]3O)[C@H](O)[C@H]2NC(C)=O)[C@@H](CO)O[C@@H]1O. The Morgan fingerprint density at radius 1 is 0.328 bits per heavy atom. The highest BCUT2D eigenvalue weighted by molar-refractivity contribution is 5.78. The van der Waals surface area contributed by atoms with Gasteiger partial charge in [0.2, 0.25) is 29.5 Å². The van der Waals surface area contributed by atoms with E-state index >= 15 is 0 Å². The van der Waals surface area contributed by atoms with E-state index in [-0.39, 0.29) is 0 Å². The van der Waals surface area contributed by atoms with Gasteiger partial charge in [0.1, 0.15) is 226 Å². The Labute approximate surface area is 774 Å². The molecule has 790 valence electrons. The van der Waals surface area contributed by atoms with E-state index in [9.17, 15) is 187 Å². The molecule has 0 radical (unpaired) electrons. The first-order valence-electron chi connectivity index (χ1n) is 43.3. The van der Waals surface area contributed by atoms with Crippen LogP contribution in [0.1, 0.15) is 54.4 Å². The van der Waals surface area contributed by atoms with Gasteiger partial charge in [0.25, 0.3) is 11.6 Å². The van der Waals surface area contributed by atoms with Crippen molar-refractivity contribution >= 4 is 41.5 Å². The minimum absolute atomic E-state index is 0.820. The van der Waals surface area contributed by atoms with Crippen LogP contribution in [0.2, 0.25) is 0 Å². The van der Waals surface area contributed by atoms with Crippen LogP contribution < -0.4 is 26.6 Å². The number of rotatable bonds is 38. The van der Waals surface area contributed by atoms with Gasteiger partial charge in [0.15, 0.2) is 50.3 Å². The predicted molar refractivity (Wildman–Crippen MR) is 421 cm³/mol. The summed E-state index contributed by atoms with van der Waals surface area (Å²) < 4.78 is 112. The van der Waals surface area contributed by atoms with E-state index in [2.05, 4.69) is 26.6 Å². The Kier molecular flexibility index (Phi) is 40.1. The van der Waals surface area contributed by atoms with Crippen LogP contribution in [-0.2, 0) is 124 Å². The second-order valence-corrected chi connectivity index (χ2v) is 34.6. The van der Waals surface area contributed by atoms with Crippen molar-refractivity contribution in [3.8, 4) is 0 Å². The molecule has 10 heterocycles. The van der Waals surface area contributed by atoms with Crippen LogP contribution in [-0.4, -0.2) is 572 Å². The maximum atomic E-state index is 13.9. The lowest BCUT2D eigenvalue weighted by Crippen LogP contribution is -2.72. The highest BCUT2D eigenvalue weighted by Gasteiger charge is 2.66. The molecule has 61 heteroatoms. The second kappa shape index (κ2) is 48.4. The van der Waals surface area contributed by atoms with Crippen molar-refractivity contribution < 1.29 is 277 Å². The monoisotopic (exact) mass is 2000 g/mol. The second-order valence-electron chi connectivity index (χ2n) is 34.6. The van der Waals surface area contributed by atoms with E-state index in [1.165, 1.54) is 6.92 Å². The Balaban J connectivity index is 0.952. The molecular weight excluding hydrogens is 1880 g/mol. The van der Waals surface area contributed by atoms with E-state index in [0.717, 1.165) is 34.6 Å². The molecule has 0 saturated carbocycles. The van der Waals surface area contributed by atoms with Crippen molar-refractivity contribution in [2.75, 3.05) is 59.5 Å². The summed E-state index contributed by atoms with van der Waals surface area (Å²) in [5.74, 6) is -16.5. The average molecular weight is 2000 g/mol. The molecular formula is C76H125N5O56. The lowest BCUT2D eigenvalue weighted by Gasteiger charge is -2.52. The average Bonchev–Trinajstić information content (AvgIpc) is 0.741. The van der Waals surface area contributed by atoms with Gasteiger partial charge < -0.3 is 270 Å². The van der Waals surface area contributed by atoms with Gasteiger partial charge in [-0.1, -0.05) is 0 Å². The van der Waals surface area contributed by atoms with Crippen molar-refractivity contribution in [3.63, 3.8) is 0 Å². The lowest BCUT2D eigenvalue weighted by molar-refractivity contribution is -0.401. The minimum atomic E-state index is -3.62. The fourth-order valence-corrected chi connectivity index (χ4v) is 17.6. The lowest BCUT2D eigenvalue weighted by atomic mass is 9.87. The van der Waals surface area contributed by atoms with Gasteiger partial charge >= 0.3 is 11.9 Å². The first-order valence-corrected chi connectivity index (χ1v) is 43.3. The highest BCUT2D eigenvalue weighted by Crippen LogP contribution is 2.44. The summed E-state index contributed by atoms with van der Waals surface area (Å²) >= 11 is 0. The smallest absolute Gasteiger partial charge is 0.364 e. The topological polar surface area (TPSA) is 962 Å². The summed E-state index contributed by atoms with van der Waals surface area (Å²) in [4.78, 5) is 91.0. The number of carbonyl (C=O) groups is 7. The molecule has 0 aromatic heterocycles. The van der Waals surface area contributed by atoms with Crippen LogP contribution in [0, 0.1) is 0 Å². The Morgan fingerprint density at radius 3 is 1.17 bits per heavy atom. The van der Waals surface area contributed by atoms with Crippen LogP contribution in [0.5, 0.6) is 0 Å². The van der Waals surface area contributed by atoms with Gasteiger partial charge in [0, 0.05) is 47.5 Å². The third kappa shape index (κ3) is 25.1. The summed E-state index contributed by atoms with van der Waals surface area (Å²) in [5, 5.41) is 349. The fraction of sp³-hybridized carbons (Fsp3) is 0.908. The first kappa shape index (κ1) is 113. The van der Waals surface area contributed by atoms with Crippen LogP contribution in [0.15, 0.2) is 0 Å². The molecule has 35 N–H and O–H groups in total. The van der Waals surface area contributed by atoms with Gasteiger partial charge in [-0.15, -0.1) is 0 Å². The predicted octanol–water partition coefficient (Wildman–Crippen LogP) is -22.6. The maximum Gasteiger partial charge on any atom is 0.364 e. The van der Waals surface area contributed by atoms with E-state index in [0.29, 0.717) is 0 Å². The molecule has 137 heavy (non-hydrogen) atoms. The Morgan fingerprint density at radius 2 is 0.686 bits per heavy atom. The summed E-state index contributed by atoms with van der Waals surface area (Å²) in [5.41, 5.74) is 0. The molecule has 61 nitrogen and oxygen atoms in total. The van der Waals surface area contributed by atoms with Gasteiger partial charge in [0.05, 0.1) is 89.9 Å². The number of ether oxygens (including phenoxy) is 19. The van der Waals surface area contributed by atoms with E-state index in [4.69, 9.17) is 90.0 Å². The molecule has 0 spiro atoms. The van der Waals surface area contributed by atoms with Crippen molar-refractivity contribution in [2.45, 2.75) is 372 Å². The van der Waals surface area contributed by atoms with Crippen molar-refractivity contribution in [3.05, 3.63) is 0 Å². The molecule has 0 unspecified atom stereocenters. The molecule has 10 fully saturated rings. The van der Waals surface area contributed by atoms with E-state index < -0.39 is 432 Å². The summed E-state index contributed by atoms with van der Waals surface area (Å²) in [7, 11) is 0. The van der Waals surface area contributed by atoms with Crippen molar-refractivity contribution in [1.82, 2.24) is 26.6 Å². The molecule has 0 aromatic rings. The quantitative estimate of drug-likeness (QED) is 0.0273. The fourth-order valence-electron chi connectivity index (χ4n) is 17.6. The number of aliphatic carboxylic acids is 2. The number of amides is 5. The molecule has 10 saturated heterocycles. The number of hydrogen-bond acceptors (Lipinski definition) is 54. The van der Waals surface area contributed by atoms with Crippen LogP contribution in [0.4, 0.5) is 0 Å². The number of carbonyl (C=O) groups excluding carboxylic acids is 5. The van der Waals surface area contributed by atoms with Gasteiger partial charge in [-0.05, 0) is 6.92 Å². The van der Waals surface area contributed by atoms with Gasteiger partial charge in [-0.25, -0.2) is 9.59 Å². The number of hydrogen-bond donors (Lipinski definition) is 35. The largest absolute Gasteiger partial charge is 0.477 e. The highest BCUT2D eigenvalue weighted by atomic mass is 16.8. The summed E-state index contributed by atoms with van der Waals surface area (Å²) in [6, 6.07) is -9.83. The van der Waals surface area contributed by atoms with Crippen molar-refractivity contribution in [1.29, 1.82) is 0 Å². The van der Waals surface area contributed by atoms with Crippen LogP contribution in [0.25, 0.3) is 0 Å². The van der Waals surface area contributed by atoms with Crippen LogP contribution in [0.3, 0.4) is 0 Å². The molecule has 10 aliphatic heterocycles. The van der Waals surface area contributed by atoms with E-state index in [1.807, 2.05) is 0 Å². The zero-order chi connectivity index (χ0) is 102. The third-order valence-corrected chi connectivity index (χ3v) is 24.8. The molecule has 0 aromatic carbocycles. The summed E-state index contributed by atoms with van der Waals surface area (Å²) in [6.07, 6.45) is -103. The van der Waals surface area contributed by atoms with Crippen LogP contribution >= 0.6 is 0 Å². The molecule has 0 bridgehead atoms. The number of aliphatic hydroxyl groups excluding tert-OH is 28. The number of carboxylic acid groups (broad SMARTS) is 2. The van der Waals surface area contributed by atoms with Gasteiger partial charge in [-0.2, -0.15) is 0 Å².